The van der Waals surface area contributed by atoms with Crippen LogP contribution in [-0.4, -0.2) is 40.9 Å². The first-order valence-electron chi connectivity index (χ1n) is 6.47. The third-order valence-corrected chi connectivity index (χ3v) is 3.39. The normalized spacial score (nSPS) is 12.6. The van der Waals surface area contributed by atoms with Crippen LogP contribution in [0, 0.1) is 0 Å². The lowest BCUT2D eigenvalue weighted by molar-refractivity contribution is -0.119. The summed E-state index contributed by atoms with van der Waals surface area (Å²) in [6, 6.07) is 3.45. The summed E-state index contributed by atoms with van der Waals surface area (Å²) < 4.78 is 10.7. The lowest BCUT2D eigenvalue weighted by Gasteiger charge is -2.10. The Hall–Kier alpha value is -1.80. The van der Waals surface area contributed by atoms with Crippen LogP contribution in [0.1, 0.15) is 24.6 Å². The molecule has 0 bridgehead atoms. The van der Waals surface area contributed by atoms with Gasteiger partial charge in [-0.1, -0.05) is 11.8 Å². The van der Waals surface area contributed by atoms with E-state index in [1.54, 1.807) is 12.3 Å². The average molecular weight is 310 g/mol. The van der Waals surface area contributed by atoms with Gasteiger partial charge in [-0.3, -0.25) is 4.79 Å². The summed E-state index contributed by atoms with van der Waals surface area (Å²) in [6.07, 6.45) is 1.58. The van der Waals surface area contributed by atoms with Crippen molar-refractivity contribution in [1.82, 2.24) is 20.4 Å². The molecule has 1 N–H and O–H groups in total. The zero-order chi connectivity index (χ0) is 15.2. The molecule has 0 aliphatic rings. The number of nitrogens with zero attached hydrogens (tertiary/aromatic N) is 3. The van der Waals surface area contributed by atoms with Gasteiger partial charge in [0, 0.05) is 0 Å². The average Bonchev–Trinajstić information content (AvgIpc) is 3.06. The Balaban J connectivity index is 1.77. The zero-order valence-corrected chi connectivity index (χ0v) is 13.0. The summed E-state index contributed by atoms with van der Waals surface area (Å²) >= 11 is 1.21. The van der Waals surface area contributed by atoms with E-state index in [-0.39, 0.29) is 17.7 Å². The summed E-state index contributed by atoms with van der Waals surface area (Å²) in [5, 5.41) is 11.0. The predicted molar refractivity (Wildman–Crippen MR) is 77.7 cm³/mol. The quantitative estimate of drug-likeness (QED) is 0.779. The van der Waals surface area contributed by atoms with Crippen LogP contribution in [0.5, 0.6) is 0 Å². The van der Waals surface area contributed by atoms with Gasteiger partial charge in [0.1, 0.15) is 5.76 Å². The highest BCUT2D eigenvalue weighted by molar-refractivity contribution is 7.99. The van der Waals surface area contributed by atoms with Gasteiger partial charge in [0.05, 0.1) is 24.6 Å². The molecule has 21 heavy (non-hydrogen) atoms. The van der Waals surface area contributed by atoms with Gasteiger partial charge in [-0.05, 0) is 33.2 Å². The number of aromatic nitrogens is 2. The first-order chi connectivity index (χ1) is 10.0. The highest BCUT2D eigenvalue weighted by atomic mass is 32.2. The van der Waals surface area contributed by atoms with Crippen LogP contribution in [0.4, 0.5) is 0 Å². The number of rotatable bonds is 7. The molecule has 2 rings (SSSR count). The molecule has 0 aliphatic heterocycles. The topological polar surface area (TPSA) is 84.4 Å². The molecule has 0 saturated carbocycles. The number of nitrogens with one attached hydrogen (secondary N) is 1. The molecule has 1 atom stereocenters. The maximum atomic E-state index is 11.8. The van der Waals surface area contributed by atoms with Crippen molar-refractivity contribution in [2.75, 3.05) is 19.8 Å². The van der Waals surface area contributed by atoms with Gasteiger partial charge in [0.15, 0.2) is 0 Å². The predicted octanol–water partition coefficient (Wildman–Crippen LogP) is 1.69. The molecule has 8 heteroatoms. The van der Waals surface area contributed by atoms with Gasteiger partial charge < -0.3 is 19.1 Å². The number of hydrogen-bond donors (Lipinski definition) is 1. The van der Waals surface area contributed by atoms with Crippen molar-refractivity contribution in [1.29, 1.82) is 0 Å². The summed E-state index contributed by atoms with van der Waals surface area (Å²) in [6.45, 7) is 2.44. The van der Waals surface area contributed by atoms with E-state index in [1.165, 1.54) is 11.8 Å². The van der Waals surface area contributed by atoms with E-state index in [4.69, 9.17) is 8.83 Å². The second-order valence-corrected chi connectivity index (χ2v) is 5.72. The Morgan fingerprint density at radius 3 is 2.95 bits per heavy atom. The molecule has 7 nitrogen and oxygen atoms in total. The minimum Gasteiger partial charge on any atom is -0.467 e. The molecule has 0 radical (unpaired) electrons. The third-order valence-electron chi connectivity index (χ3n) is 2.57. The molecule has 0 aromatic carbocycles. The lowest BCUT2D eigenvalue weighted by Crippen LogP contribution is -2.27. The van der Waals surface area contributed by atoms with Crippen molar-refractivity contribution in [2.24, 2.45) is 0 Å². The van der Waals surface area contributed by atoms with E-state index in [9.17, 15) is 4.79 Å². The van der Waals surface area contributed by atoms with Crippen molar-refractivity contribution in [3.8, 4) is 0 Å². The molecule has 114 valence electrons. The second kappa shape index (κ2) is 7.28. The van der Waals surface area contributed by atoms with Gasteiger partial charge in [0.25, 0.3) is 5.22 Å². The maximum absolute atomic E-state index is 11.8. The van der Waals surface area contributed by atoms with Gasteiger partial charge in [-0.15, -0.1) is 10.2 Å². The molecule has 0 aliphatic carbocycles. The summed E-state index contributed by atoms with van der Waals surface area (Å²) in [5.74, 6) is 1.36. The maximum Gasteiger partial charge on any atom is 0.277 e. The molecule has 0 fully saturated rings. The van der Waals surface area contributed by atoms with E-state index in [0.717, 1.165) is 5.76 Å². The van der Waals surface area contributed by atoms with Crippen molar-refractivity contribution >= 4 is 17.7 Å². The molecular weight excluding hydrogens is 292 g/mol. The van der Waals surface area contributed by atoms with Crippen LogP contribution in [0.15, 0.2) is 32.5 Å². The molecule has 0 unspecified atom stereocenters. The van der Waals surface area contributed by atoms with Gasteiger partial charge in [-0.2, -0.15) is 0 Å². The fraction of sp³-hybridized carbons (Fsp3) is 0.462. The highest BCUT2D eigenvalue weighted by Crippen LogP contribution is 2.17. The van der Waals surface area contributed by atoms with Crippen molar-refractivity contribution < 1.29 is 13.6 Å². The lowest BCUT2D eigenvalue weighted by atomic mass is 10.2. The Morgan fingerprint density at radius 1 is 1.48 bits per heavy atom. The molecular formula is C13H18N4O3S. The number of carbonyl (C=O) groups excluding carboxylic acids is 1. The molecule has 2 aromatic heterocycles. The van der Waals surface area contributed by atoms with E-state index >= 15 is 0 Å². The summed E-state index contributed by atoms with van der Waals surface area (Å²) in [7, 11) is 3.83. The Bertz CT molecular complexity index is 568. The van der Waals surface area contributed by atoms with E-state index in [2.05, 4.69) is 15.5 Å². The number of hydrogen-bond acceptors (Lipinski definition) is 7. The first kappa shape index (κ1) is 15.6. The van der Waals surface area contributed by atoms with Gasteiger partial charge in [-0.25, -0.2) is 0 Å². The van der Waals surface area contributed by atoms with E-state index in [0.29, 0.717) is 17.7 Å². The van der Waals surface area contributed by atoms with Gasteiger partial charge in [0.2, 0.25) is 11.8 Å². The number of furan rings is 1. The minimum atomic E-state index is -0.167. The Kier molecular flexibility index (Phi) is 5.40. The summed E-state index contributed by atoms with van der Waals surface area (Å²) in [4.78, 5) is 13.8. The molecule has 1 amide bonds. The van der Waals surface area contributed by atoms with Crippen LogP contribution < -0.4 is 5.32 Å². The minimum absolute atomic E-state index is 0.115. The fourth-order valence-electron chi connectivity index (χ4n) is 1.65. The fourth-order valence-corrected chi connectivity index (χ4v) is 2.24. The second-order valence-electron chi connectivity index (χ2n) is 4.79. The van der Waals surface area contributed by atoms with Crippen LogP contribution in [0.25, 0.3) is 0 Å². The molecule has 2 heterocycles. The molecule has 0 spiro atoms. The van der Waals surface area contributed by atoms with Crippen LogP contribution >= 0.6 is 11.8 Å². The van der Waals surface area contributed by atoms with Crippen molar-refractivity contribution in [3.63, 3.8) is 0 Å². The number of thioether (sulfide) groups is 1. The number of carbonyl (C=O) groups is 1. The van der Waals surface area contributed by atoms with Crippen molar-refractivity contribution in [3.05, 3.63) is 30.0 Å². The third kappa shape index (κ3) is 4.91. The SMILES string of the molecule is C[C@H](NC(=O)CSc1nnc(CN(C)C)o1)c1ccco1. The van der Waals surface area contributed by atoms with Gasteiger partial charge >= 0.3 is 0 Å². The van der Waals surface area contributed by atoms with Crippen LogP contribution in [-0.2, 0) is 11.3 Å². The Morgan fingerprint density at radius 2 is 2.29 bits per heavy atom. The molecule has 0 saturated heterocycles. The standard InChI is InChI=1S/C13H18N4O3S/c1-9(10-5-4-6-19-10)14-11(18)8-21-13-16-15-12(20-13)7-17(2)3/h4-6,9H,7-8H2,1-3H3,(H,14,18)/t9-/m0/s1. The first-order valence-corrected chi connectivity index (χ1v) is 7.46. The number of amides is 1. The monoisotopic (exact) mass is 310 g/mol. The zero-order valence-electron chi connectivity index (χ0n) is 12.2. The van der Waals surface area contributed by atoms with E-state index in [1.807, 2.05) is 32.0 Å². The molecule has 2 aromatic rings. The van der Waals surface area contributed by atoms with E-state index < -0.39 is 0 Å². The van der Waals surface area contributed by atoms with Crippen molar-refractivity contribution in [2.45, 2.75) is 24.7 Å². The van der Waals surface area contributed by atoms with Crippen LogP contribution in [0.2, 0.25) is 0 Å². The Labute approximate surface area is 127 Å². The summed E-state index contributed by atoms with van der Waals surface area (Å²) in [5.41, 5.74) is 0. The smallest absolute Gasteiger partial charge is 0.277 e. The highest BCUT2D eigenvalue weighted by Gasteiger charge is 2.14. The van der Waals surface area contributed by atoms with Crippen LogP contribution in [0.3, 0.4) is 0 Å². The largest absolute Gasteiger partial charge is 0.467 e.